The average Bonchev–Trinajstić information content (AvgIpc) is 2.88. The van der Waals surface area contributed by atoms with Gasteiger partial charge in [-0.05, 0) is 12.8 Å². The van der Waals surface area contributed by atoms with E-state index in [2.05, 4.69) is 29.8 Å². The number of carbonyl (C=O) groups is 2. The molecule has 110 valence electrons. The number of unbranched alkanes of at least 4 members (excludes halogenated alkanes) is 2. The zero-order chi connectivity index (χ0) is 14.1. The van der Waals surface area contributed by atoms with Gasteiger partial charge in [-0.3, -0.25) is 9.59 Å². The zero-order valence-electron chi connectivity index (χ0n) is 12.1. The third-order valence-corrected chi connectivity index (χ3v) is 3.55. The van der Waals surface area contributed by atoms with E-state index in [9.17, 15) is 9.59 Å². The Kier molecular flexibility index (Phi) is 7.48. The molecule has 0 unspecified atom stereocenters. The van der Waals surface area contributed by atoms with Crippen LogP contribution in [-0.2, 0) is 9.59 Å². The summed E-state index contributed by atoms with van der Waals surface area (Å²) in [6, 6.07) is 0. The first-order valence-corrected chi connectivity index (χ1v) is 7.46. The molecule has 0 spiro atoms. The van der Waals surface area contributed by atoms with Crippen LogP contribution in [0, 0.1) is 11.8 Å². The fraction of sp³-hybridized carbons (Fsp3) is 0.857. The lowest BCUT2D eigenvalue weighted by Gasteiger charge is -2.17. The molecule has 0 saturated carbocycles. The van der Waals surface area contributed by atoms with Gasteiger partial charge in [0.1, 0.15) is 0 Å². The van der Waals surface area contributed by atoms with Gasteiger partial charge in [0.2, 0.25) is 11.8 Å². The van der Waals surface area contributed by atoms with E-state index < -0.39 is 0 Å². The topological polar surface area (TPSA) is 70.2 Å². The predicted molar refractivity (Wildman–Crippen MR) is 75.7 cm³/mol. The lowest BCUT2D eigenvalue weighted by Crippen LogP contribution is -2.42. The third-order valence-electron chi connectivity index (χ3n) is 3.55. The van der Waals surface area contributed by atoms with Gasteiger partial charge in [0.25, 0.3) is 0 Å². The van der Waals surface area contributed by atoms with Crippen LogP contribution in [0.1, 0.15) is 39.5 Å². The van der Waals surface area contributed by atoms with Crippen molar-refractivity contribution in [3.63, 3.8) is 0 Å². The van der Waals surface area contributed by atoms with Crippen molar-refractivity contribution in [1.82, 2.24) is 16.0 Å². The van der Waals surface area contributed by atoms with Crippen LogP contribution in [0.4, 0.5) is 0 Å². The molecule has 3 N–H and O–H groups in total. The maximum absolute atomic E-state index is 12.0. The molecule has 0 bridgehead atoms. The first-order valence-electron chi connectivity index (χ1n) is 7.46. The van der Waals surface area contributed by atoms with Gasteiger partial charge in [-0.15, -0.1) is 0 Å². The number of rotatable bonds is 8. The van der Waals surface area contributed by atoms with E-state index in [4.69, 9.17) is 0 Å². The van der Waals surface area contributed by atoms with Crippen LogP contribution in [-0.4, -0.2) is 38.0 Å². The maximum atomic E-state index is 12.0. The molecule has 0 radical (unpaired) electrons. The Morgan fingerprint density at radius 2 is 1.37 bits per heavy atom. The molecule has 0 aromatic rings. The second-order valence-corrected chi connectivity index (χ2v) is 5.16. The Labute approximate surface area is 115 Å². The third kappa shape index (κ3) is 5.19. The summed E-state index contributed by atoms with van der Waals surface area (Å²) in [4.78, 5) is 24.1. The second kappa shape index (κ2) is 8.91. The Morgan fingerprint density at radius 3 is 1.74 bits per heavy atom. The molecule has 19 heavy (non-hydrogen) atoms. The minimum absolute atomic E-state index is 0.00842. The van der Waals surface area contributed by atoms with Crippen LogP contribution >= 0.6 is 0 Å². The molecule has 0 aromatic heterocycles. The summed E-state index contributed by atoms with van der Waals surface area (Å²) in [5, 5.41) is 8.98. The lowest BCUT2D eigenvalue weighted by atomic mass is 9.94. The summed E-state index contributed by atoms with van der Waals surface area (Å²) in [6.07, 6.45) is 4.09. The van der Waals surface area contributed by atoms with Crippen molar-refractivity contribution < 1.29 is 9.59 Å². The van der Waals surface area contributed by atoms with Crippen LogP contribution < -0.4 is 16.0 Å². The van der Waals surface area contributed by atoms with Crippen LogP contribution in [0.5, 0.6) is 0 Å². The highest BCUT2D eigenvalue weighted by Gasteiger charge is 2.37. The normalized spacial score (nSPS) is 22.2. The fourth-order valence-corrected chi connectivity index (χ4v) is 2.27. The van der Waals surface area contributed by atoms with E-state index in [1.807, 2.05) is 0 Å². The highest BCUT2D eigenvalue weighted by Crippen LogP contribution is 2.17. The van der Waals surface area contributed by atoms with E-state index in [0.29, 0.717) is 26.2 Å². The molecule has 1 fully saturated rings. The van der Waals surface area contributed by atoms with Crippen molar-refractivity contribution in [1.29, 1.82) is 0 Å². The van der Waals surface area contributed by atoms with E-state index >= 15 is 0 Å². The van der Waals surface area contributed by atoms with Crippen molar-refractivity contribution in [2.45, 2.75) is 39.5 Å². The first kappa shape index (κ1) is 16.0. The van der Waals surface area contributed by atoms with Gasteiger partial charge < -0.3 is 16.0 Å². The largest absolute Gasteiger partial charge is 0.356 e. The summed E-state index contributed by atoms with van der Waals surface area (Å²) in [5.41, 5.74) is 0. The van der Waals surface area contributed by atoms with Gasteiger partial charge in [0.05, 0.1) is 11.8 Å². The number of hydrogen-bond acceptors (Lipinski definition) is 3. The van der Waals surface area contributed by atoms with E-state index in [0.717, 1.165) is 25.7 Å². The minimum Gasteiger partial charge on any atom is -0.356 e. The van der Waals surface area contributed by atoms with Gasteiger partial charge in [-0.2, -0.15) is 0 Å². The zero-order valence-corrected chi connectivity index (χ0v) is 12.1. The molecule has 1 aliphatic rings. The van der Waals surface area contributed by atoms with E-state index in [-0.39, 0.29) is 23.7 Å². The summed E-state index contributed by atoms with van der Waals surface area (Å²) < 4.78 is 0. The van der Waals surface area contributed by atoms with Gasteiger partial charge in [-0.1, -0.05) is 26.7 Å². The highest BCUT2D eigenvalue weighted by molar-refractivity contribution is 5.88. The van der Waals surface area contributed by atoms with Crippen molar-refractivity contribution in [2.75, 3.05) is 26.2 Å². The van der Waals surface area contributed by atoms with Gasteiger partial charge in [-0.25, -0.2) is 0 Å². The standard InChI is InChI=1S/C14H27N3O2/c1-3-5-7-16-13(18)11-9-15-10-12(11)14(19)17-8-6-4-2/h11-12,15H,3-10H2,1-2H3,(H,16,18)(H,17,19)/t11-,12-/m1/s1. The Balaban J connectivity index is 2.39. The fourth-order valence-electron chi connectivity index (χ4n) is 2.27. The second-order valence-electron chi connectivity index (χ2n) is 5.16. The quantitative estimate of drug-likeness (QED) is 0.567. The van der Waals surface area contributed by atoms with Gasteiger partial charge in [0.15, 0.2) is 0 Å². The lowest BCUT2D eigenvalue weighted by molar-refractivity contribution is -0.132. The summed E-state index contributed by atoms with van der Waals surface area (Å²) >= 11 is 0. The van der Waals surface area contributed by atoms with Crippen LogP contribution in [0.15, 0.2) is 0 Å². The van der Waals surface area contributed by atoms with E-state index in [1.54, 1.807) is 0 Å². The Hall–Kier alpha value is -1.10. The molecule has 5 nitrogen and oxygen atoms in total. The SMILES string of the molecule is CCCCNC(=O)[C@@H]1CNC[C@H]1C(=O)NCCCC. The first-order chi connectivity index (χ1) is 9.20. The van der Waals surface area contributed by atoms with E-state index in [1.165, 1.54) is 0 Å². The molecule has 2 atom stereocenters. The molecule has 1 heterocycles. The maximum Gasteiger partial charge on any atom is 0.225 e. The Morgan fingerprint density at radius 1 is 0.947 bits per heavy atom. The van der Waals surface area contributed by atoms with Crippen LogP contribution in [0.2, 0.25) is 0 Å². The molecule has 5 heteroatoms. The number of amides is 2. The smallest absolute Gasteiger partial charge is 0.225 e. The number of nitrogens with one attached hydrogen (secondary N) is 3. The molecule has 0 aliphatic carbocycles. The van der Waals surface area contributed by atoms with Crippen LogP contribution in [0.3, 0.4) is 0 Å². The van der Waals surface area contributed by atoms with Gasteiger partial charge in [0, 0.05) is 26.2 Å². The number of hydrogen-bond donors (Lipinski definition) is 3. The number of carbonyl (C=O) groups excluding carboxylic acids is 2. The predicted octanol–water partition coefficient (Wildman–Crippen LogP) is 0.655. The molecule has 0 aromatic carbocycles. The molecule has 1 aliphatic heterocycles. The highest BCUT2D eigenvalue weighted by atomic mass is 16.2. The minimum atomic E-state index is -0.224. The monoisotopic (exact) mass is 269 g/mol. The van der Waals surface area contributed by atoms with Gasteiger partial charge >= 0.3 is 0 Å². The van der Waals surface area contributed by atoms with Crippen molar-refractivity contribution in [3.05, 3.63) is 0 Å². The average molecular weight is 269 g/mol. The molecule has 1 rings (SSSR count). The van der Waals surface area contributed by atoms with Crippen molar-refractivity contribution in [3.8, 4) is 0 Å². The molecule has 1 saturated heterocycles. The molecular weight excluding hydrogens is 242 g/mol. The summed E-state index contributed by atoms with van der Waals surface area (Å²) in [5.74, 6) is -0.430. The van der Waals surface area contributed by atoms with Crippen LogP contribution in [0.25, 0.3) is 0 Å². The van der Waals surface area contributed by atoms with Crippen molar-refractivity contribution in [2.24, 2.45) is 11.8 Å². The molecular formula is C14H27N3O2. The summed E-state index contributed by atoms with van der Waals surface area (Å²) in [6.45, 7) is 6.79. The molecule has 2 amide bonds. The Bertz CT molecular complexity index is 266. The summed E-state index contributed by atoms with van der Waals surface area (Å²) in [7, 11) is 0. The van der Waals surface area contributed by atoms with Crippen molar-refractivity contribution >= 4 is 11.8 Å².